The molecule has 0 spiro atoms. The SMILES string of the molecule is CCC(C)C(N)C(=O)N(C)Cc1ccc(O)c(OC)c1.Cl. The van der Waals surface area contributed by atoms with Crippen LogP contribution in [0.4, 0.5) is 0 Å². The van der Waals surface area contributed by atoms with Crippen LogP contribution in [-0.4, -0.2) is 36.1 Å². The van der Waals surface area contributed by atoms with Crippen molar-refractivity contribution in [3.63, 3.8) is 0 Å². The number of hydrogen-bond acceptors (Lipinski definition) is 4. The molecule has 1 aromatic carbocycles. The van der Waals surface area contributed by atoms with Gasteiger partial charge in [-0.3, -0.25) is 4.79 Å². The molecule has 0 radical (unpaired) electrons. The zero-order chi connectivity index (χ0) is 15.3. The van der Waals surface area contributed by atoms with Crippen molar-refractivity contribution in [3.05, 3.63) is 23.8 Å². The Balaban J connectivity index is 0.00000400. The molecule has 0 fully saturated rings. The molecule has 21 heavy (non-hydrogen) atoms. The molecule has 0 saturated heterocycles. The van der Waals surface area contributed by atoms with Gasteiger partial charge in [0.15, 0.2) is 11.5 Å². The summed E-state index contributed by atoms with van der Waals surface area (Å²) in [6.07, 6.45) is 0.869. The van der Waals surface area contributed by atoms with E-state index in [0.717, 1.165) is 12.0 Å². The quantitative estimate of drug-likeness (QED) is 0.843. The Bertz CT molecular complexity index is 468. The Hall–Kier alpha value is -1.46. The van der Waals surface area contributed by atoms with Crippen molar-refractivity contribution in [1.82, 2.24) is 4.90 Å². The van der Waals surface area contributed by atoms with Gasteiger partial charge >= 0.3 is 0 Å². The summed E-state index contributed by atoms with van der Waals surface area (Å²) in [6.45, 7) is 4.42. The number of phenols is 1. The molecule has 120 valence electrons. The van der Waals surface area contributed by atoms with Crippen molar-refractivity contribution in [1.29, 1.82) is 0 Å². The molecule has 0 aromatic heterocycles. The average Bonchev–Trinajstić information content (AvgIpc) is 2.46. The molecule has 1 rings (SSSR count). The van der Waals surface area contributed by atoms with Gasteiger partial charge in [-0.15, -0.1) is 12.4 Å². The lowest BCUT2D eigenvalue weighted by atomic mass is 9.99. The predicted octanol–water partition coefficient (Wildman–Crippen LogP) is 2.15. The van der Waals surface area contributed by atoms with Crippen LogP contribution < -0.4 is 10.5 Å². The Labute approximate surface area is 132 Å². The number of likely N-dealkylation sites (N-methyl/N-ethyl adjacent to an activating group) is 1. The highest BCUT2D eigenvalue weighted by Gasteiger charge is 2.22. The molecule has 0 aliphatic carbocycles. The van der Waals surface area contributed by atoms with Crippen LogP contribution in [0.2, 0.25) is 0 Å². The van der Waals surface area contributed by atoms with Crippen LogP contribution in [0, 0.1) is 5.92 Å². The molecule has 0 aliphatic heterocycles. The minimum atomic E-state index is -0.482. The maximum atomic E-state index is 12.2. The van der Waals surface area contributed by atoms with Gasteiger partial charge in [0.05, 0.1) is 13.2 Å². The van der Waals surface area contributed by atoms with Gasteiger partial charge in [0.1, 0.15) is 0 Å². The molecule has 3 N–H and O–H groups in total. The minimum Gasteiger partial charge on any atom is -0.504 e. The monoisotopic (exact) mass is 316 g/mol. The number of halogens is 1. The van der Waals surface area contributed by atoms with Crippen molar-refractivity contribution in [2.75, 3.05) is 14.2 Å². The molecule has 2 unspecified atom stereocenters. The largest absolute Gasteiger partial charge is 0.504 e. The standard InChI is InChI=1S/C15H24N2O3.ClH/c1-5-10(2)14(16)15(19)17(3)9-11-6-7-12(18)13(8-11)20-4;/h6-8,10,14,18H,5,9,16H2,1-4H3;1H. The first-order chi connectivity index (χ1) is 9.40. The van der Waals surface area contributed by atoms with Gasteiger partial charge in [0.2, 0.25) is 5.91 Å². The Morgan fingerprint density at radius 3 is 2.62 bits per heavy atom. The fourth-order valence-corrected chi connectivity index (χ4v) is 1.92. The lowest BCUT2D eigenvalue weighted by Gasteiger charge is -2.24. The number of ether oxygens (including phenoxy) is 1. The van der Waals surface area contributed by atoms with Gasteiger partial charge in [0, 0.05) is 13.6 Å². The molecule has 0 saturated carbocycles. The van der Waals surface area contributed by atoms with Crippen molar-refractivity contribution in [2.24, 2.45) is 11.7 Å². The molecule has 1 amide bonds. The Kier molecular flexibility index (Phi) is 8.14. The second-order valence-electron chi connectivity index (χ2n) is 5.11. The van der Waals surface area contributed by atoms with Crippen molar-refractivity contribution in [2.45, 2.75) is 32.9 Å². The number of methoxy groups -OCH3 is 1. The van der Waals surface area contributed by atoms with Crippen LogP contribution in [0.5, 0.6) is 11.5 Å². The highest BCUT2D eigenvalue weighted by molar-refractivity contribution is 5.85. The van der Waals surface area contributed by atoms with Gasteiger partial charge in [0.25, 0.3) is 0 Å². The molecule has 0 bridgehead atoms. The van der Waals surface area contributed by atoms with Gasteiger partial charge in [-0.25, -0.2) is 0 Å². The normalized spacial score (nSPS) is 13.0. The first kappa shape index (κ1) is 19.5. The molecule has 5 nitrogen and oxygen atoms in total. The average molecular weight is 317 g/mol. The third-order valence-corrected chi connectivity index (χ3v) is 3.58. The maximum absolute atomic E-state index is 12.2. The summed E-state index contributed by atoms with van der Waals surface area (Å²) in [5.41, 5.74) is 6.83. The Morgan fingerprint density at radius 1 is 1.48 bits per heavy atom. The summed E-state index contributed by atoms with van der Waals surface area (Å²) in [4.78, 5) is 13.8. The minimum absolute atomic E-state index is 0. The van der Waals surface area contributed by atoms with E-state index in [1.165, 1.54) is 7.11 Å². The number of hydrogen-bond donors (Lipinski definition) is 2. The van der Waals surface area contributed by atoms with Gasteiger partial charge in [-0.1, -0.05) is 26.3 Å². The summed E-state index contributed by atoms with van der Waals surface area (Å²) in [5.74, 6) is 0.557. The van der Waals surface area contributed by atoms with E-state index in [2.05, 4.69) is 0 Å². The van der Waals surface area contributed by atoms with E-state index >= 15 is 0 Å². The van der Waals surface area contributed by atoms with Crippen LogP contribution in [-0.2, 0) is 11.3 Å². The van der Waals surface area contributed by atoms with Gasteiger partial charge < -0.3 is 20.5 Å². The fraction of sp³-hybridized carbons (Fsp3) is 0.533. The first-order valence-corrected chi connectivity index (χ1v) is 6.77. The van der Waals surface area contributed by atoms with Crippen molar-refractivity contribution < 1.29 is 14.6 Å². The number of nitrogens with two attached hydrogens (primary N) is 1. The smallest absolute Gasteiger partial charge is 0.239 e. The van der Waals surface area contributed by atoms with E-state index < -0.39 is 6.04 Å². The van der Waals surface area contributed by atoms with Gasteiger partial charge in [-0.2, -0.15) is 0 Å². The predicted molar refractivity (Wildman–Crippen MR) is 85.8 cm³/mol. The summed E-state index contributed by atoms with van der Waals surface area (Å²) in [5, 5.41) is 9.55. The van der Waals surface area contributed by atoms with Gasteiger partial charge in [-0.05, 0) is 23.6 Å². The van der Waals surface area contributed by atoms with E-state index in [-0.39, 0.29) is 30.0 Å². The molecule has 6 heteroatoms. The summed E-state index contributed by atoms with van der Waals surface area (Å²) < 4.78 is 5.05. The molecular formula is C15H25ClN2O3. The number of carbonyl (C=O) groups excluding carboxylic acids is 1. The molecule has 2 atom stereocenters. The van der Waals surface area contributed by atoms with Crippen LogP contribution in [0.1, 0.15) is 25.8 Å². The fourth-order valence-electron chi connectivity index (χ4n) is 1.92. The van der Waals surface area contributed by atoms with Crippen LogP contribution in [0.3, 0.4) is 0 Å². The summed E-state index contributed by atoms with van der Waals surface area (Å²) >= 11 is 0. The maximum Gasteiger partial charge on any atom is 0.239 e. The number of rotatable bonds is 6. The van der Waals surface area contributed by atoms with Crippen LogP contribution >= 0.6 is 12.4 Å². The second kappa shape index (κ2) is 8.74. The molecule has 0 aliphatic rings. The van der Waals surface area contributed by atoms with Crippen LogP contribution in [0.25, 0.3) is 0 Å². The molecule has 0 heterocycles. The van der Waals surface area contributed by atoms with Crippen LogP contribution in [0.15, 0.2) is 18.2 Å². The third-order valence-electron chi connectivity index (χ3n) is 3.58. The lowest BCUT2D eigenvalue weighted by Crippen LogP contribution is -2.45. The highest BCUT2D eigenvalue weighted by atomic mass is 35.5. The summed E-state index contributed by atoms with van der Waals surface area (Å²) in [6, 6.07) is 4.55. The molecule has 1 aromatic rings. The van der Waals surface area contributed by atoms with E-state index in [9.17, 15) is 9.90 Å². The van der Waals surface area contributed by atoms with E-state index in [0.29, 0.717) is 12.3 Å². The van der Waals surface area contributed by atoms with Crippen molar-refractivity contribution in [3.8, 4) is 11.5 Å². The van der Waals surface area contributed by atoms with E-state index in [4.69, 9.17) is 10.5 Å². The zero-order valence-electron chi connectivity index (χ0n) is 13.0. The van der Waals surface area contributed by atoms with E-state index in [1.807, 2.05) is 13.8 Å². The number of benzene rings is 1. The Morgan fingerprint density at radius 2 is 2.10 bits per heavy atom. The number of nitrogens with zero attached hydrogens (tertiary/aromatic N) is 1. The number of amides is 1. The number of phenolic OH excluding ortho intramolecular Hbond substituents is 1. The van der Waals surface area contributed by atoms with E-state index in [1.54, 1.807) is 30.1 Å². The highest BCUT2D eigenvalue weighted by Crippen LogP contribution is 2.26. The summed E-state index contributed by atoms with van der Waals surface area (Å²) in [7, 11) is 3.22. The second-order valence-corrected chi connectivity index (χ2v) is 5.11. The topological polar surface area (TPSA) is 75.8 Å². The first-order valence-electron chi connectivity index (χ1n) is 6.77. The molecular weight excluding hydrogens is 292 g/mol. The number of carbonyl (C=O) groups is 1. The third kappa shape index (κ3) is 5.10. The zero-order valence-corrected chi connectivity index (χ0v) is 13.8. The van der Waals surface area contributed by atoms with Crippen molar-refractivity contribution >= 4 is 18.3 Å². The number of aromatic hydroxyl groups is 1. The lowest BCUT2D eigenvalue weighted by molar-refractivity contribution is -0.132.